The number of hydrogen-bond donors (Lipinski definition) is 2. The minimum absolute atomic E-state index is 0.0697. The second-order valence-electron chi connectivity index (χ2n) is 7.32. The molecule has 2 N–H and O–H groups in total. The second-order valence-corrected chi connectivity index (χ2v) is 9.24. The molecule has 0 aliphatic heterocycles. The smallest absolute Gasteiger partial charge is 0.317 e. The molecule has 0 bridgehead atoms. The van der Waals surface area contributed by atoms with Gasteiger partial charge < -0.3 is 10.2 Å². The van der Waals surface area contributed by atoms with Gasteiger partial charge in [-0.25, -0.2) is 17.9 Å². The molecule has 3 aromatic rings. The molecule has 0 heterocycles. The van der Waals surface area contributed by atoms with E-state index in [4.69, 9.17) is 0 Å². The van der Waals surface area contributed by atoms with E-state index < -0.39 is 10.0 Å². The molecule has 0 radical (unpaired) electrons. The first-order chi connectivity index (χ1) is 14.9. The van der Waals surface area contributed by atoms with Gasteiger partial charge in [-0.3, -0.25) is 0 Å². The first kappa shape index (κ1) is 22.5. The van der Waals surface area contributed by atoms with Crippen LogP contribution in [0.4, 0.5) is 4.79 Å². The number of nitrogens with one attached hydrogen (secondary N) is 2. The predicted octanol–water partition coefficient (Wildman–Crippen LogP) is 3.74. The summed E-state index contributed by atoms with van der Waals surface area (Å²) in [6.07, 6.45) is 0. The lowest BCUT2D eigenvalue weighted by atomic mass is 9.99. The minimum atomic E-state index is -3.30. The number of urea groups is 1. The normalized spacial score (nSPS) is 11.2. The monoisotopic (exact) mass is 437 g/mol. The number of carbonyl (C=O) groups is 1. The first-order valence-corrected chi connectivity index (χ1v) is 11.6. The van der Waals surface area contributed by atoms with Gasteiger partial charge in [0.25, 0.3) is 0 Å². The van der Waals surface area contributed by atoms with Crippen molar-refractivity contribution in [3.05, 3.63) is 95.6 Å². The molecule has 2 amide bonds. The number of benzene rings is 3. The van der Waals surface area contributed by atoms with E-state index in [2.05, 4.69) is 28.2 Å². The van der Waals surface area contributed by atoms with Crippen LogP contribution in [-0.4, -0.2) is 33.4 Å². The van der Waals surface area contributed by atoms with Crippen LogP contribution in [0, 0.1) is 0 Å². The Morgan fingerprint density at radius 1 is 0.871 bits per heavy atom. The van der Waals surface area contributed by atoms with E-state index >= 15 is 0 Å². The number of sulfonamides is 1. The quantitative estimate of drug-likeness (QED) is 0.563. The fraction of sp³-hybridized carbons (Fsp3) is 0.208. The van der Waals surface area contributed by atoms with Gasteiger partial charge in [-0.05, 0) is 34.9 Å². The lowest BCUT2D eigenvalue weighted by Crippen LogP contribution is -2.36. The van der Waals surface area contributed by atoms with Crippen LogP contribution in [0.25, 0.3) is 11.1 Å². The molecule has 0 aliphatic rings. The van der Waals surface area contributed by atoms with Gasteiger partial charge in [-0.2, -0.15) is 0 Å². The van der Waals surface area contributed by atoms with Gasteiger partial charge in [0.2, 0.25) is 10.0 Å². The Morgan fingerprint density at radius 2 is 1.48 bits per heavy atom. The summed E-state index contributed by atoms with van der Waals surface area (Å²) >= 11 is 0. The van der Waals surface area contributed by atoms with Gasteiger partial charge in [-0.15, -0.1) is 0 Å². The molecule has 6 nitrogen and oxygen atoms in total. The highest BCUT2D eigenvalue weighted by Gasteiger charge is 2.12. The zero-order chi connectivity index (χ0) is 22.3. The number of nitrogens with zero attached hydrogens (tertiary/aromatic N) is 1. The third-order valence-corrected chi connectivity index (χ3v) is 6.33. The topological polar surface area (TPSA) is 78.5 Å². The van der Waals surface area contributed by atoms with E-state index in [1.807, 2.05) is 48.5 Å². The van der Waals surface area contributed by atoms with E-state index in [1.54, 1.807) is 24.1 Å². The lowest BCUT2D eigenvalue weighted by Gasteiger charge is -2.20. The molecule has 7 heteroatoms. The highest BCUT2D eigenvalue weighted by atomic mass is 32.2. The third-order valence-electron chi connectivity index (χ3n) is 4.99. The summed E-state index contributed by atoms with van der Waals surface area (Å²) in [6, 6.07) is 25.2. The van der Waals surface area contributed by atoms with Crippen molar-refractivity contribution in [2.75, 3.05) is 14.1 Å². The van der Waals surface area contributed by atoms with Crippen molar-refractivity contribution in [2.45, 2.75) is 18.8 Å². The largest absolute Gasteiger partial charge is 0.334 e. The zero-order valence-electron chi connectivity index (χ0n) is 17.7. The standard InChI is InChI=1S/C24H27N3O3S/c1-25-31(29,30)18-20-14-12-19(13-15-20)16-26-24(28)27(2)17-22-10-6-7-11-23(22)21-8-4-3-5-9-21/h3-15,25H,16-18H2,1-2H3,(H,26,28). The third kappa shape index (κ3) is 6.41. The summed E-state index contributed by atoms with van der Waals surface area (Å²) in [5, 5.41) is 2.91. The van der Waals surface area contributed by atoms with Crippen molar-refractivity contribution >= 4 is 16.1 Å². The van der Waals surface area contributed by atoms with Crippen molar-refractivity contribution < 1.29 is 13.2 Å². The van der Waals surface area contributed by atoms with Crippen LogP contribution in [0.15, 0.2) is 78.9 Å². The molecule has 31 heavy (non-hydrogen) atoms. The van der Waals surface area contributed by atoms with Crippen LogP contribution in [0.3, 0.4) is 0 Å². The van der Waals surface area contributed by atoms with Crippen LogP contribution in [0.2, 0.25) is 0 Å². The molecular weight excluding hydrogens is 410 g/mol. The van der Waals surface area contributed by atoms with Crippen molar-refractivity contribution in [1.82, 2.24) is 14.9 Å². The van der Waals surface area contributed by atoms with Crippen molar-refractivity contribution in [3.63, 3.8) is 0 Å². The van der Waals surface area contributed by atoms with Crippen LogP contribution < -0.4 is 10.0 Å². The molecule has 0 aromatic heterocycles. The fourth-order valence-electron chi connectivity index (χ4n) is 3.24. The van der Waals surface area contributed by atoms with Crippen LogP contribution in [-0.2, 0) is 28.9 Å². The van der Waals surface area contributed by atoms with E-state index in [1.165, 1.54) is 7.05 Å². The van der Waals surface area contributed by atoms with Crippen molar-refractivity contribution in [1.29, 1.82) is 0 Å². The lowest BCUT2D eigenvalue weighted by molar-refractivity contribution is 0.206. The maximum Gasteiger partial charge on any atom is 0.317 e. The number of rotatable bonds is 8. The van der Waals surface area contributed by atoms with Crippen LogP contribution in [0.1, 0.15) is 16.7 Å². The molecule has 0 spiro atoms. The Kier molecular flexibility index (Phi) is 7.44. The maximum absolute atomic E-state index is 12.6. The SMILES string of the molecule is CNS(=O)(=O)Cc1ccc(CNC(=O)N(C)Cc2ccccc2-c2ccccc2)cc1. The van der Waals surface area contributed by atoms with Crippen molar-refractivity contribution in [2.24, 2.45) is 0 Å². The zero-order valence-corrected chi connectivity index (χ0v) is 18.5. The molecule has 3 aromatic carbocycles. The van der Waals surface area contributed by atoms with Gasteiger partial charge in [0.1, 0.15) is 0 Å². The Labute approximate surface area is 184 Å². The van der Waals surface area contributed by atoms with Gasteiger partial charge in [0, 0.05) is 20.1 Å². The highest BCUT2D eigenvalue weighted by Crippen LogP contribution is 2.24. The summed E-state index contributed by atoms with van der Waals surface area (Å²) in [4.78, 5) is 14.2. The number of carbonyl (C=O) groups excluding carboxylic acids is 1. The summed E-state index contributed by atoms with van der Waals surface area (Å²) in [5.74, 6) is -0.0697. The fourth-order valence-corrected chi connectivity index (χ4v) is 4.02. The summed E-state index contributed by atoms with van der Waals surface area (Å²) in [5.41, 5.74) is 4.89. The maximum atomic E-state index is 12.6. The predicted molar refractivity (Wildman–Crippen MR) is 124 cm³/mol. The Morgan fingerprint density at radius 3 is 2.16 bits per heavy atom. The van der Waals surface area contributed by atoms with Crippen molar-refractivity contribution in [3.8, 4) is 11.1 Å². The molecule has 162 valence electrons. The van der Waals surface area contributed by atoms with E-state index in [0.717, 1.165) is 22.3 Å². The first-order valence-electron chi connectivity index (χ1n) is 9.99. The van der Waals surface area contributed by atoms with Crippen LogP contribution in [0.5, 0.6) is 0 Å². The summed E-state index contributed by atoms with van der Waals surface area (Å²) in [7, 11) is -0.139. The molecule has 0 unspecified atom stereocenters. The summed E-state index contributed by atoms with van der Waals surface area (Å²) < 4.78 is 25.6. The van der Waals surface area contributed by atoms with E-state index in [-0.39, 0.29) is 11.8 Å². The van der Waals surface area contributed by atoms with Gasteiger partial charge in [0.15, 0.2) is 0 Å². The molecular formula is C24H27N3O3S. The molecule has 0 atom stereocenters. The molecule has 3 rings (SSSR count). The molecule has 0 saturated carbocycles. The Hall–Kier alpha value is -3.16. The molecule has 0 saturated heterocycles. The van der Waals surface area contributed by atoms with E-state index in [9.17, 15) is 13.2 Å². The molecule has 0 fully saturated rings. The second kappa shape index (κ2) is 10.2. The average Bonchev–Trinajstić information content (AvgIpc) is 2.79. The van der Waals surface area contributed by atoms with E-state index in [0.29, 0.717) is 18.7 Å². The van der Waals surface area contributed by atoms with Gasteiger partial charge in [0.05, 0.1) is 5.75 Å². The van der Waals surface area contributed by atoms with Crippen LogP contribution >= 0.6 is 0 Å². The average molecular weight is 438 g/mol. The highest BCUT2D eigenvalue weighted by molar-refractivity contribution is 7.88. The Balaban J connectivity index is 1.59. The number of amides is 2. The van der Waals surface area contributed by atoms with Gasteiger partial charge in [-0.1, -0.05) is 78.9 Å². The minimum Gasteiger partial charge on any atom is -0.334 e. The molecule has 0 aliphatic carbocycles. The number of hydrogen-bond acceptors (Lipinski definition) is 3. The Bertz CT molecular complexity index is 1110. The summed E-state index contributed by atoms with van der Waals surface area (Å²) in [6.45, 7) is 0.847. The van der Waals surface area contributed by atoms with Gasteiger partial charge >= 0.3 is 6.03 Å².